The summed E-state index contributed by atoms with van der Waals surface area (Å²) < 4.78 is 8.97. The van der Waals surface area contributed by atoms with Crippen molar-refractivity contribution in [1.29, 1.82) is 0 Å². The van der Waals surface area contributed by atoms with Gasteiger partial charge in [-0.05, 0) is 60.8 Å². The van der Waals surface area contributed by atoms with E-state index in [9.17, 15) is 0 Å². The fourth-order valence-corrected chi connectivity index (χ4v) is 2.41. The van der Waals surface area contributed by atoms with E-state index in [4.69, 9.17) is 4.74 Å². The normalized spacial score (nSPS) is 10.8. The molecule has 0 saturated carbocycles. The molecule has 3 nitrogen and oxygen atoms in total. The molecule has 102 valence electrons. The standard InChI is InChI=1S/C15H19BrN2O/c1-5-18-13(15(16)12(4)17-18)9-19-14-8-10(2)6-7-11(14)3/h6-8H,5,9H2,1-4H3. The summed E-state index contributed by atoms with van der Waals surface area (Å²) in [5.41, 5.74) is 4.45. The average molecular weight is 323 g/mol. The number of nitrogens with zero attached hydrogens (tertiary/aromatic N) is 2. The minimum absolute atomic E-state index is 0.527. The molecule has 0 N–H and O–H groups in total. The van der Waals surface area contributed by atoms with E-state index in [0.717, 1.165) is 33.7 Å². The third kappa shape index (κ3) is 3.00. The van der Waals surface area contributed by atoms with Crippen LogP contribution in [0.5, 0.6) is 5.75 Å². The second kappa shape index (κ2) is 5.78. The molecule has 0 atom stereocenters. The Balaban J connectivity index is 2.21. The van der Waals surface area contributed by atoms with Crippen molar-refractivity contribution in [2.75, 3.05) is 0 Å². The van der Waals surface area contributed by atoms with Gasteiger partial charge in [-0.25, -0.2) is 0 Å². The summed E-state index contributed by atoms with van der Waals surface area (Å²) in [6, 6.07) is 6.25. The largest absolute Gasteiger partial charge is 0.487 e. The van der Waals surface area contributed by atoms with E-state index in [0.29, 0.717) is 6.61 Å². The van der Waals surface area contributed by atoms with Crippen LogP contribution >= 0.6 is 15.9 Å². The molecular weight excluding hydrogens is 304 g/mol. The Morgan fingerprint density at radius 3 is 2.68 bits per heavy atom. The predicted molar refractivity (Wildman–Crippen MR) is 80.6 cm³/mol. The van der Waals surface area contributed by atoms with Gasteiger partial charge in [-0.15, -0.1) is 0 Å². The second-order valence-electron chi connectivity index (χ2n) is 4.72. The number of ether oxygens (including phenoxy) is 1. The van der Waals surface area contributed by atoms with Crippen molar-refractivity contribution in [2.24, 2.45) is 0 Å². The number of rotatable bonds is 4. The maximum atomic E-state index is 5.95. The smallest absolute Gasteiger partial charge is 0.131 e. The Kier molecular flexibility index (Phi) is 4.30. The first-order chi connectivity index (χ1) is 9.02. The van der Waals surface area contributed by atoms with Crippen LogP contribution in [0.1, 0.15) is 29.4 Å². The van der Waals surface area contributed by atoms with Gasteiger partial charge in [0, 0.05) is 6.54 Å². The number of halogens is 1. The van der Waals surface area contributed by atoms with Gasteiger partial charge in [0.05, 0.1) is 15.9 Å². The third-order valence-corrected chi connectivity index (χ3v) is 4.19. The van der Waals surface area contributed by atoms with E-state index in [2.05, 4.69) is 60.0 Å². The zero-order valence-corrected chi connectivity index (χ0v) is 13.4. The van der Waals surface area contributed by atoms with Gasteiger partial charge in [-0.1, -0.05) is 12.1 Å². The van der Waals surface area contributed by atoms with Crippen LogP contribution in [0.25, 0.3) is 0 Å². The fourth-order valence-electron chi connectivity index (χ4n) is 2.02. The average Bonchev–Trinajstić information content (AvgIpc) is 2.66. The quantitative estimate of drug-likeness (QED) is 0.844. The molecule has 2 rings (SSSR count). The monoisotopic (exact) mass is 322 g/mol. The van der Waals surface area contributed by atoms with Gasteiger partial charge in [-0.2, -0.15) is 5.10 Å². The molecule has 0 spiro atoms. The predicted octanol–water partition coefficient (Wildman–Crippen LogP) is 4.17. The summed E-state index contributed by atoms with van der Waals surface area (Å²) in [5, 5.41) is 4.47. The van der Waals surface area contributed by atoms with E-state index in [1.165, 1.54) is 5.56 Å². The first-order valence-electron chi connectivity index (χ1n) is 6.44. The lowest BCUT2D eigenvalue weighted by molar-refractivity contribution is 0.289. The zero-order chi connectivity index (χ0) is 14.0. The Bertz CT molecular complexity index is 590. The summed E-state index contributed by atoms with van der Waals surface area (Å²) in [6.07, 6.45) is 0. The van der Waals surface area contributed by atoms with E-state index >= 15 is 0 Å². The SMILES string of the molecule is CCn1nc(C)c(Br)c1COc1cc(C)ccc1C. The van der Waals surface area contributed by atoms with Crippen molar-refractivity contribution < 1.29 is 4.74 Å². The summed E-state index contributed by atoms with van der Waals surface area (Å²) >= 11 is 3.59. The van der Waals surface area contributed by atoms with Gasteiger partial charge < -0.3 is 4.74 Å². The number of aryl methyl sites for hydroxylation is 4. The molecule has 19 heavy (non-hydrogen) atoms. The van der Waals surface area contributed by atoms with Crippen molar-refractivity contribution in [2.45, 2.75) is 40.8 Å². The number of benzene rings is 1. The molecule has 0 unspecified atom stereocenters. The molecule has 0 radical (unpaired) electrons. The Morgan fingerprint density at radius 2 is 2.00 bits per heavy atom. The molecule has 0 fully saturated rings. The highest BCUT2D eigenvalue weighted by molar-refractivity contribution is 9.10. The summed E-state index contributed by atoms with van der Waals surface area (Å²) in [7, 11) is 0. The Labute approximate surface area is 122 Å². The molecule has 0 bridgehead atoms. The van der Waals surface area contributed by atoms with Crippen LogP contribution in [0.4, 0.5) is 0 Å². The van der Waals surface area contributed by atoms with Crippen LogP contribution in [0.15, 0.2) is 22.7 Å². The van der Waals surface area contributed by atoms with Crippen LogP contribution in [-0.4, -0.2) is 9.78 Å². The molecule has 0 amide bonds. The topological polar surface area (TPSA) is 27.1 Å². The minimum atomic E-state index is 0.527. The molecule has 0 aliphatic carbocycles. The number of aromatic nitrogens is 2. The lowest BCUT2D eigenvalue weighted by Gasteiger charge is -2.11. The van der Waals surface area contributed by atoms with Crippen molar-refractivity contribution in [3.05, 3.63) is 45.2 Å². The highest BCUT2D eigenvalue weighted by Crippen LogP contribution is 2.25. The van der Waals surface area contributed by atoms with Crippen molar-refractivity contribution in [1.82, 2.24) is 9.78 Å². The summed E-state index contributed by atoms with van der Waals surface area (Å²) in [5.74, 6) is 0.938. The fraction of sp³-hybridized carbons (Fsp3) is 0.400. The van der Waals surface area contributed by atoms with Gasteiger partial charge in [0.2, 0.25) is 0 Å². The number of hydrogen-bond donors (Lipinski definition) is 0. The van der Waals surface area contributed by atoms with Crippen molar-refractivity contribution in [3.63, 3.8) is 0 Å². The van der Waals surface area contributed by atoms with E-state index in [1.54, 1.807) is 0 Å². The molecule has 1 aromatic heterocycles. The van der Waals surface area contributed by atoms with Crippen LogP contribution in [-0.2, 0) is 13.2 Å². The zero-order valence-electron chi connectivity index (χ0n) is 11.8. The molecular formula is C15H19BrN2O. The Morgan fingerprint density at radius 1 is 1.26 bits per heavy atom. The lowest BCUT2D eigenvalue weighted by atomic mass is 10.1. The summed E-state index contributed by atoms with van der Waals surface area (Å²) in [6.45, 7) is 9.59. The molecule has 1 heterocycles. The van der Waals surface area contributed by atoms with Crippen LogP contribution in [0.2, 0.25) is 0 Å². The molecule has 4 heteroatoms. The van der Waals surface area contributed by atoms with Gasteiger partial charge >= 0.3 is 0 Å². The van der Waals surface area contributed by atoms with Crippen molar-refractivity contribution >= 4 is 15.9 Å². The highest BCUT2D eigenvalue weighted by atomic mass is 79.9. The van der Waals surface area contributed by atoms with Crippen LogP contribution in [0.3, 0.4) is 0 Å². The molecule has 1 aromatic carbocycles. The Hall–Kier alpha value is -1.29. The molecule has 0 aliphatic rings. The molecule has 0 aliphatic heterocycles. The summed E-state index contributed by atoms with van der Waals surface area (Å²) in [4.78, 5) is 0. The second-order valence-corrected chi connectivity index (χ2v) is 5.51. The van der Waals surface area contributed by atoms with Crippen molar-refractivity contribution in [3.8, 4) is 5.75 Å². The van der Waals surface area contributed by atoms with Gasteiger partial charge in [-0.3, -0.25) is 4.68 Å². The van der Waals surface area contributed by atoms with E-state index in [-0.39, 0.29) is 0 Å². The maximum Gasteiger partial charge on any atom is 0.131 e. The van der Waals surface area contributed by atoms with Crippen LogP contribution in [0, 0.1) is 20.8 Å². The number of hydrogen-bond acceptors (Lipinski definition) is 2. The lowest BCUT2D eigenvalue weighted by Crippen LogP contribution is -2.07. The molecule has 0 saturated heterocycles. The minimum Gasteiger partial charge on any atom is -0.487 e. The molecule has 2 aromatic rings. The van der Waals surface area contributed by atoms with E-state index in [1.807, 2.05) is 11.6 Å². The maximum absolute atomic E-state index is 5.95. The first-order valence-corrected chi connectivity index (χ1v) is 7.24. The van der Waals surface area contributed by atoms with Gasteiger partial charge in [0.15, 0.2) is 0 Å². The first kappa shape index (κ1) is 14.1. The van der Waals surface area contributed by atoms with Gasteiger partial charge in [0.25, 0.3) is 0 Å². The van der Waals surface area contributed by atoms with E-state index < -0.39 is 0 Å². The third-order valence-electron chi connectivity index (χ3n) is 3.16. The van der Waals surface area contributed by atoms with Crippen LogP contribution < -0.4 is 4.74 Å². The van der Waals surface area contributed by atoms with Gasteiger partial charge in [0.1, 0.15) is 12.4 Å². The highest BCUT2D eigenvalue weighted by Gasteiger charge is 2.13.